The standard InChI is InChI=1S/C14H20FN3O/c1-2-8-18(11-4-3-6-16-9-11)14(19)12-5-7-17-10-13(12)15/h5,7,10-11,16H,2-4,6,8-9H2,1H3. The molecule has 0 aromatic carbocycles. The van der Waals surface area contributed by atoms with E-state index in [1.165, 1.54) is 12.3 Å². The number of rotatable bonds is 4. The summed E-state index contributed by atoms with van der Waals surface area (Å²) in [6.07, 6.45) is 5.45. The molecule has 1 unspecified atom stereocenters. The first-order valence-electron chi connectivity index (χ1n) is 6.85. The third-order valence-corrected chi connectivity index (χ3v) is 3.44. The first-order chi connectivity index (χ1) is 9.24. The third-order valence-electron chi connectivity index (χ3n) is 3.44. The molecule has 1 amide bonds. The van der Waals surface area contributed by atoms with Gasteiger partial charge >= 0.3 is 0 Å². The van der Waals surface area contributed by atoms with E-state index < -0.39 is 5.82 Å². The van der Waals surface area contributed by atoms with Crippen molar-refractivity contribution in [3.05, 3.63) is 29.8 Å². The predicted molar refractivity (Wildman–Crippen MR) is 71.4 cm³/mol. The van der Waals surface area contributed by atoms with Crippen LogP contribution < -0.4 is 5.32 Å². The summed E-state index contributed by atoms with van der Waals surface area (Å²) < 4.78 is 13.7. The Kier molecular flexibility index (Phi) is 4.85. The molecule has 0 spiro atoms. The van der Waals surface area contributed by atoms with Gasteiger partial charge in [0.2, 0.25) is 0 Å². The minimum Gasteiger partial charge on any atom is -0.334 e. The maximum absolute atomic E-state index is 13.7. The Balaban J connectivity index is 2.18. The highest BCUT2D eigenvalue weighted by molar-refractivity contribution is 5.94. The minimum absolute atomic E-state index is 0.119. The normalized spacial score (nSPS) is 19.2. The number of hydrogen-bond donors (Lipinski definition) is 1. The van der Waals surface area contributed by atoms with Crippen LogP contribution >= 0.6 is 0 Å². The van der Waals surface area contributed by atoms with Crippen molar-refractivity contribution in [3.8, 4) is 0 Å². The van der Waals surface area contributed by atoms with Crippen LogP contribution in [-0.2, 0) is 0 Å². The molecule has 2 rings (SSSR count). The molecule has 1 N–H and O–H groups in total. The fraction of sp³-hybridized carbons (Fsp3) is 0.571. The van der Waals surface area contributed by atoms with Crippen LogP contribution in [0.1, 0.15) is 36.5 Å². The average molecular weight is 265 g/mol. The molecule has 1 aromatic rings. The predicted octanol–water partition coefficient (Wildman–Crippen LogP) is 1.82. The Morgan fingerprint density at radius 1 is 1.63 bits per heavy atom. The second-order valence-corrected chi connectivity index (χ2v) is 4.85. The van der Waals surface area contributed by atoms with Crippen molar-refractivity contribution in [2.24, 2.45) is 0 Å². The molecule has 4 nitrogen and oxygen atoms in total. The topological polar surface area (TPSA) is 45.2 Å². The van der Waals surface area contributed by atoms with Crippen molar-refractivity contribution >= 4 is 5.91 Å². The summed E-state index contributed by atoms with van der Waals surface area (Å²) in [6, 6.07) is 1.62. The molecule has 104 valence electrons. The van der Waals surface area contributed by atoms with Crippen LogP contribution in [-0.4, -0.2) is 41.5 Å². The number of halogens is 1. The van der Waals surface area contributed by atoms with Crippen LogP contribution in [0.25, 0.3) is 0 Å². The van der Waals surface area contributed by atoms with Crippen molar-refractivity contribution in [1.29, 1.82) is 0 Å². The summed E-state index contributed by atoms with van der Waals surface area (Å²) in [4.78, 5) is 18.0. The fourth-order valence-electron chi connectivity index (χ4n) is 2.49. The first kappa shape index (κ1) is 13.9. The molecule has 0 bridgehead atoms. The average Bonchev–Trinajstić information content (AvgIpc) is 2.45. The maximum atomic E-state index is 13.7. The number of hydrogen-bond acceptors (Lipinski definition) is 3. The van der Waals surface area contributed by atoms with Gasteiger partial charge in [0, 0.05) is 25.3 Å². The maximum Gasteiger partial charge on any atom is 0.257 e. The van der Waals surface area contributed by atoms with E-state index in [0.717, 1.165) is 38.5 Å². The van der Waals surface area contributed by atoms with Crippen LogP contribution in [0.15, 0.2) is 18.5 Å². The van der Waals surface area contributed by atoms with E-state index in [4.69, 9.17) is 0 Å². The highest BCUT2D eigenvalue weighted by atomic mass is 19.1. The lowest BCUT2D eigenvalue weighted by Gasteiger charge is -2.34. The quantitative estimate of drug-likeness (QED) is 0.903. The summed E-state index contributed by atoms with van der Waals surface area (Å²) in [7, 11) is 0. The van der Waals surface area contributed by atoms with Crippen molar-refractivity contribution in [3.63, 3.8) is 0 Å². The highest BCUT2D eigenvalue weighted by Gasteiger charge is 2.26. The summed E-state index contributed by atoms with van der Waals surface area (Å²) >= 11 is 0. The van der Waals surface area contributed by atoms with Gasteiger partial charge in [0.05, 0.1) is 11.8 Å². The number of carbonyl (C=O) groups is 1. The van der Waals surface area contributed by atoms with Crippen molar-refractivity contribution in [2.75, 3.05) is 19.6 Å². The smallest absolute Gasteiger partial charge is 0.257 e. The van der Waals surface area contributed by atoms with Gasteiger partial charge in [-0.3, -0.25) is 9.78 Å². The van der Waals surface area contributed by atoms with Gasteiger partial charge in [0.1, 0.15) is 0 Å². The van der Waals surface area contributed by atoms with Crippen LogP contribution in [0.4, 0.5) is 4.39 Å². The Hall–Kier alpha value is -1.49. The zero-order valence-electron chi connectivity index (χ0n) is 11.2. The molecule has 1 aliphatic rings. The van der Waals surface area contributed by atoms with E-state index in [2.05, 4.69) is 10.3 Å². The van der Waals surface area contributed by atoms with E-state index in [-0.39, 0.29) is 17.5 Å². The largest absolute Gasteiger partial charge is 0.334 e. The van der Waals surface area contributed by atoms with Gasteiger partial charge < -0.3 is 10.2 Å². The molecule has 1 saturated heterocycles. The Bertz CT molecular complexity index is 432. The second-order valence-electron chi connectivity index (χ2n) is 4.85. The van der Waals surface area contributed by atoms with Crippen LogP contribution in [0.5, 0.6) is 0 Å². The number of pyridine rings is 1. The molecule has 1 atom stereocenters. The molecule has 1 aromatic heterocycles. The molecular formula is C14H20FN3O. The van der Waals surface area contributed by atoms with Crippen LogP contribution in [0.3, 0.4) is 0 Å². The third kappa shape index (κ3) is 3.29. The molecule has 2 heterocycles. The number of aromatic nitrogens is 1. The molecule has 0 saturated carbocycles. The van der Waals surface area contributed by atoms with Gasteiger partial charge in [-0.15, -0.1) is 0 Å². The summed E-state index contributed by atoms with van der Waals surface area (Å²) in [5.41, 5.74) is 0.119. The SMILES string of the molecule is CCCN(C(=O)c1ccncc1F)C1CCCNC1. The van der Waals surface area contributed by atoms with Gasteiger partial charge in [-0.1, -0.05) is 6.92 Å². The Labute approximate surface area is 113 Å². The number of amides is 1. The summed E-state index contributed by atoms with van der Waals surface area (Å²) in [5.74, 6) is -0.771. The lowest BCUT2D eigenvalue weighted by molar-refractivity contribution is 0.0644. The summed E-state index contributed by atoms with van der Waals surface area (Å²) in [6.45, 7) is 4.47. The molecular weight excluding hydrogens is 245 g/mol. The first-order valence-corrected chi connectivity index (χ1v) is 6.85. The van der Waals surface area contributed by atoms with Gasteiger partial charge in [-0.25, -0.2) is 4.39 Å². The molecule has 1 aliphatic heterocycles. The van der Waals surface area contributed by atoms with Crippen molar-refractivity contribution in [1.82, 2.24) is 15.2 Å². The van der Waals surface area contributed by atoms with Crippen molar-refractivity contribution in [2.45, 2.75) is 32.2 Å². The van der Waals surface area contributed by atoms with Gasteiger partial charge in [-0.2, -0.15) is 0 Å². The fourth-order valence-corrected chi connectivity index (χ4v) is 2.49. The Morgan fingerprint density at radius 2 is 2.47 bits per heavy atom. The van der Waals surface area contributed by atoms with E-state index in [9.17, 15) is 9.18 Å². The minimum atomic E-state index is -0.544. The van der Waals surface area contributed by atoms with Gasteiger partial charge in [0.15, 0.2) is 5.82 Å². The van der Waals surface area contributed by atoms with E-state index in [0.29, 0.717) is 6.54 Å². The number of piperidine rings is 1. The van der Waals surface area contributed by atoms with Crippen LogP contribution in [0.2, 0.25) is 0 Å². The molecule has 5 heteroatoms. The number of nitrogens with one attached hydrogen (secondary N) is 1. The highest BCUT2D eigenvalue weighted by Crippen LogP contribution is 2.16. The Morgan fingerprint density at radius 3 is 3.11 bits per heavy atom. The van der Waals surface area contributed by atoms with E-state index >= 15 is 0 Å². The van der Waals surface area contributed by atoms with Crippen LogP contribution in [0, 0.1) is 5.82 Å². The molecule has 0 radical (unpaired) electrons. The second kappa shape index (κ2) is 6.61. The lowest BCUT2D eigenvalue weighted by Crippen LogP contribution is -2.49. The van der Waals surface area contributed by atoms with Gasteiger partial charge in [0.25, 0.3) is 5.91 Å². The monoisotopic (exact) mass is 265 g/mol. The molecule has 19 heavy (non-hydrogen) atoms. The van der Waals surface area contributed by atoms with E-state index in [1.807, 2.05) is 6.92 Å². The van der Waals surface area contributed by atoms with E-state index in [1.54, 1.807) is 4.90 Å². The zero-order valence-corrected chi connectivity index (χ0v) is 11.2. The van der Waals surface area contributed by atoms with Crippen molar-refractivity contribution < 1.29 is 9.18 Å². The van der Waals surface area contributed by atoms with Gasteiger partial charge in [-0.05, 0) is 31.9 Å². The number of nitrogens with zero attached hydrogens (tertiary/aromatic N) is 2. The summed E-state index contributed by atoms with van der Waals surface area (Å²) in [5, 5.41) is 3.29. The zero-order chi connectivity index (χ0) is 13.7. The number of carbonyl (C=O) groups excluding carboxylic acids is 1. The lowest BCUT2D eigenvalue weighted by atomic mass is 10.0. The molecule has 0 aliphatic carbocycles. The molecule has 1 fully saturated rings.